The number of urea groups is 1. The number of anilines is 1. The predicted molar refractivity (Wildman–Crippen MR) is 96.4 cm³/mol. The van der Waals surface area contributed by atoms with Crippen molar-refractivity contribution < 1.29 is 14.4 Å². The minimum atomic E-state index is -0.664. The molecule has 1 aliphatic carbocycles. The summed E-state index contributed by atoms with van der Waals surface area (Å²) < 4.78 is 0. The van der Waals surface area contributed by atoms with E-state index in [1.165, 1.54) is 0 Å². The molecule has 0 aromatic heterocycles. The number of carbonyl (C=O) groups excluding carboxylic acids is 3. The fourth-order valence-corrected chi connectivity index (χ4v) is 2.11. The van der Waals surface area contributed by atoms with Gasteiger partial charge >= 0.3 is 6.03 Å². The van der Waals surface area contributed by atoms with Crippen LogP contribution in [0.3, 0.4) is 0 Å². The lowest BCUT2D eigenvalue weighted by molar-refractivity contribution is -0.123. The predicted octanol–water partition coefficient (Wildman–Crippen LogP) is 2.00. The molecule has 0 bridgehead atoms. The Bertz CT molecular complexity index is 645. The van der Waals surface area contributed by atoms with Crippen molar-refractivity contribution in [1.29, 1.82) is 0 Å². The molecule has 0 radical (unpaired) electrons. The van der Waals surface area contributed by atoms with Gasteiger partial charge < -0.3 is 21.3 Å². The third kappa shape index (κ3) is 6.45. The summed E-state index contributed by atoms with van der Waals surface area (Å²) in [6.45, 7) is 7.24. The molecule has 1 fully saturated rings. The summed E-state index contributed by atoms with van der Waals surface area (Å²) in [6, 6.07) is 5.78. The number of hydrogen-bond donors (Lipinski definition) is 4. The molecule has 7 heteroatoms. The molecule has 1 aromatic carbocycles. The largest absolute Gasteiger partial charge is 0.350 e. The number of rotatable bonds is 5. The van der Waals surface area contributed by atoms with Crippen LogP contribution in [-0.4, -0.2) is 35.5 Å². The summed E-state index contributed by atoms with van der Waals surface area (Å²) in [4.78, 5) is 35.9. The van der Waals surface area contributed by atoms with Crippen LogP contribution in [0.25, 0.3) is 0 Å². The maximum absolute atomic E-state index is 12.0. The van der Waals surface area contributed by atoms with Crippen LogP contribution in [0.5, 0.6) is 0 Å². The first-order chi connectivity index (χ1) is 11.6. The van der Waals surface area contributed by atoms with E-state index < -0.39 is 12.1 Å². The van der Waals surface area contributed by atoms with Crippen LogP contribution >= 0.6 is 0 Å². The molecule has 2 rings (SSSR count). The quantitative estimate of drug-likeness (QED) is 0.656. The monoisotopic (exact) mass is 346 g/mol. The summed E-state index contributed by atoms with van der Waals surface area (Å²) in [5, 5.41) is 10.9. The molecular formula is C18H26N4O3. The van der Waals surface area contributed by atoms with Crippen molar-refractivity contribution in [2.24, 2.45) is 0 Å². The Morgan fingerprint density at radius 3 is 2.20 bits per heavy atom. The topological polar surface area (TPSA) is 99.3 Å². The number of nitrogens with one attached hydrogen (secondary N) is 4. The van der Waals surface area contributed by atoms with Crippen LogP contribution < -0.4 is 21.3 Å². The lowest BCUT2D eigenvalue weighted by atomic mass is 10.1. The van der Waals surface area contributed by atoms with Crippen LogP contribution in [0.2, 0.25) is 0 Å². The zero-order valence-electron chi connectivity index (χ0n) is 15.1. The first kappa shape index (κ1) is 18.8. The van der Waals surface area contributed by atoms with Gasteiger partial charge in [-0.1, -0.05) is 0 Å². The summed E-state index contributed by atoms with van der Waals surface area (Å²) in [6.07, 6.45) is 2.07. The van der Waals surface area contributed by atoms with Gasteiger partial charge in [-0.05, 0) is 64.8 Å². The molecule has 136 valence electrons. The summed E-state index contributed by atoms with van der Waals surface area (Å²) in [5.41, 5.74) is 0.736. The van der Waals surface area contributed by atoms with Gasteiger partial charge in [0.05, 0.1) is 0 Å². The normalized spacial score (nSPS) is 15.0. The van der Waals surface area contributed by atoms with Crippen LogP contribution in [0.1, 0.15) is 50.9 Å². The highest BCUT2D eigenvalue weighted by atomic mass is 16.2. The van der Waals surface area contributed by atoms with E-state index in [1.54, 1.807) is 31.2 Å². The Kier molecular flexibility index (Phi) is 5.66. The number of carbonyl (C=O) groups is 3. The third-order valence-electron chi connectivity index (χ3n) is 3.56. The Morgan fingerprint density at radius 2 is 1.68 bits per heavy atom. The van der Waals surface area contributed by atoms with Gasteiger partial charge in [0.15, 0.2) is 0 Å². The fraction of sp³-hybridized carbons (Fsp3) is 0.500. The van der Waals surface area contributed by atoms with Gasteiger partial charge in [-0.2, -0.15) is 0 Å². The summed E-state index contributed by atoms with van der Waals surface area (Å²) >= 11 is 0. The van der Waals surface area contributed by atoms with E-state index in [-0.39, 0.29) is 17.4 Å². The maximum atomic E-state index is 12.0. The molecule has 7 nitrogen and oxygen atoms in total. The van der Waals surface area contributed by atoms with Gasteiger partial charge in [0.2, 0.25) is 5.91 Å². The van der Waals surface area contributed by atoms with Crippen LogP contribution in [0.15, 0.2) is 24.3 Å². The minimum Gasteiger partial charge on any atom is -0.350 e. The van der Waals surface area contributed by atoms with Crippen molar-refractivity contribution >= 4 is 23.5 Å². The van der Waals surface area contributed by atoms with Gasteiger partial charge in [0.1, 0.15) is 6.04 Å². The second-order valence-electron chi connectivity index (χ2n) is 7.38. The van der Waals surface area contributed by atoms with Crippen molar-refractivity contribution in [1.82, 2.24) is 16.0 Å². The van der Waals surface area contributed by atoms with Gasteiger partial charge in [0, 0.05) is 22.8 Å². The Hall–Kier alpha value is -2.57. The van der Waals surface area contributed by atoms with Crippen LogP contribution in [-0.2, 0) is 4.79 Å². The second kappa shape index (κ2) is 7.55. The highest BCUT2D eigenvalue weighted by molar-refractivity contribution is 5.96. The second-order valence-corrected chi connectivity index (χ2v) is 7.38. The highest BCUT2D eigenvalue weighted by Crippen LogP contribution is 2.19. The van der Waals surface area contributed by atoms with E-state index in [0.29, 0.717) is 17.3 Å². The molecule has 1 atom stereocenters. The van der Waals surface area contributed by atoms with Gasteiger partial charge in [-0.15, -0.1) is 0 Å². The maximum Gasteiger partial charge on any atom is 0.319 e. The fourth-order valence-electron chi connectivity index (χ4n) is 2.11. The van der Waals surface area contributed by atoms with E-state index >= 15 is 0 Å². The molecule has 4 amide bonds. The van der Waals surface area contributed by atoms with Crippen LogP contribution in [0, 0.1) is 0 Å². The summed E-state index contributed by atoms with van der Waals surface area (Å²) in [5.74, 6) is -0.360. The summed E-state index contributed by atoms with van der Waals surface area (Å²) in [7, 11) is 0. The number of amides is 4. The van der Waals surface area contributed by atoms with Gasteiger partial charge in [-0.25, -0.2) is 4.79 Å². The van der Waals surface area contributed by atoms with E-state index in [4.69, 9.17) is 0 Å². The Labute approximate surface area is 147 Å². The Balaban J connectivity index is 1.83. The molecule has 1 saturated carbocycles. The molecule has 4 N–H and O–H groups in total. The molecule has 25 heavy (non-hydrogen) atoms. The molecule has 1 aliphatic rings. The Morgan fingerprint density at radius 1 is 1.08 bits per heavy atom. The third-order valence-corrected chi connectivity index (χ3v) is 3.56. The standard InChI is InChI=1S/C18H26N4O3/c1-11(15(23)22-18(2,3)4)19-17(25)21-14-7-5-12(6-8-14)16(24)20-13-9-10-13/h5-8,11,13H,9-10H2,1-4H3,(H,20,24)(H,22,23)(H2,19,21,25)/t11-/m0/s1. The zero-order chi connectivity index (χ0) is 18.6. The van der Waals surface area contributed by atoms with Gasteiger partial charge in [0.25, 0.3) is 5.91 Å². The SMILES string of the molecule is C[C@H](NC(=O)Nc1ccc(C(=O)NC2CC2)cc1)C(=O)NC(C)(C)C. The van der Waals surface area contributed by atoms with E-state index in [2.05, 4.69) is 21.3 Å². The van der Waals surface area contributed by atoms with Crippen molar-refractivity contribution in [3.05, 3.63) is 29.8 Å². The van der Waals surface area contributed by atoms with Crippen molar-refractivity contribution in [2.45, 2.75) is 58.2 Å². The van der Waals surface area contributed by atoms with E-state index in [1.807, 2.05) is 20.8 Å². The molecular weight excluding hydrogens is 320 g/mol. The van der Waals surface area contributed by atoms with Crippen LogP contribution in [0.4, 0.5) is 10.5 Å². The van der Waals surface area contributed by atoms with E-state index in [0.717, 1.165) is 12.8 Å². The number of benzene rings is 1. The minimum absolute atomic E-state index is 0.106. The molecule has 0 aliphatic heterocycles. The molecule has 0 saturated heterocycles. The van der Waals surface area contributed by atoms with Crippen molar-refractivity contribution in [3.63, 3.8) is 0 Å². The van der Waals surface area contributed by atoms with E-state index in [9.17, 15) is 14.4 Å². The molecule has 0 unspecified atom stereocenters. The molecule has 0 heterocycles. The average Bonchev–Trinajstić information content (AvgIpc) is 3.30. The lowest BCUT2D eigenvalue weighted by Crippen LogP contribution is -2.51. The highest BCUT2D eigenvalue weighted by Gasteiger charge is 2.24. The average molecular weight is 346 g/mol. The first-order valence-corrected chi connectivity index (χ1v) is 8.44. The molecule has 0 spiro atoms. The molecule has 1 aromatic rings. The lowest BCUT2D eigenvalue weighted by Gasteiger charge is -2.23. The van der Waals surface area contributed by atoms with Crippen molar-refractivity contribution in [2.75, 3.05) is 5.32 Å². The van der Waals surface area contributed by atoms with Crippen molar-refractivity contribution in [3.8, 4) is 0 Å². The smallest absolute Gasteiger partial charge is 0.319 e. The first-order valence-electron chi connectivity index (χ1n) is 8.44. The number of hydrogen-bond acceptors (Lipinski definition) is 3. The zero-order valence-corrected chi connectivity index (χ0v) is 15.1. The van der Waals surface area contributed by atoms with Gasteiger partial charge in [-0.3, -0.25) is 9.59 Å².